The summed E-state index contributed by atoms with van der Waals surface area (Å²) in [6.07, 6.45) is 3.61. The average Bonchev–Trinajstić information content (AvgIpc) is 2.69. The second-order valence-electron chi connectivity index (χ2n) is 6.14. The van der Waals surface area contributed by atoms with Gasteiger partial charge in [0.2, 0.25) is 0 Å². The number of benzene rings is 2. The minimum Gasteiger partial charge on any atom is -0.373 e. The van der Waals surface area contributed by atoms with Gasteiger partial charge in [0.25, 0.3) is 0 Å². The average molecular weight is 368 g/mol. The molecule has 4 rings (SSSR count). The molecule has 1 N–H and O–H groups in total. The van der Waals surface area contributed by atoms with Crippen LogP contribution in [0.15, 0.2) is 53.7 Å². The molecule has 2 heterocycles. The summed E-state index contributed by atoms with van der Waals surface area (Å²) in [5.41, 5.74) is 1.23. The molecule has 2 aromatic carbocycles. The zero-order chi connectivity index (χ0) is 19.0. The lowest BCUT2D eigenvalue weighted by atomic mass is 10.0. The van der Waals surface area contributed by atoms with Crippen molar-refractivity contribution < 1.29 is 13.2 Å². The minimum absolute atomic E-state index is 0.152. The molecule has 7 heteroatoms. The molecule has 0 fully saturated rings. The molecule has 0 radical (unpaired) electrons. The number of halogens is 3. The summed E-state index contributed by atoms with van der Waals surface area (Å²) in [4.78, 5) is 12.6. The van der Waals surface area contributed by atoms with Gasteiger partial charge in [0.1, 0.15) is 11.6 Å². The van der Waals surface area contributed by atoms with Gasteiger partial charge in [0, 0.05) is 24.2 Å². The van der Waals surface area contributed by atoms with Crippen LogP contribution in [0.2, 0.25) is 0 Å². The molecule has 1 aromatic heterocycles. The van der Waals surface area contributed by atoms with Gasteiger partial charge in [-0.05, 0) is 30.2 Å². The molecule has 4 nitrogen and oxygen atoms in total. The first-order valence-corrected chi connectivity index (χ1v) is 8.40. The van der Waals surface area contributed by atoms with Crippen LogP contribution < -0.4 is 5.32 Å². The van der Waals surface area contributed by atoms with Gasteiger partial charge in [-0.3, -0.25) is 0 Å². The predicted molar refractivity (Wildman–Crippen MR) is 99.5 cm³/mol. The van der Waals surface area contributed by atoms with Gasteiger partial charge in [0.15, 0.2) is 17.6 Å². The smallest absolute Gasteiger partial charge is 0.200 e. The quantitative estimate of drug-likeness (QED) is 0.709. The van der Waals surface area contributed by atoms with E-state index in [9.17, 15) is 13.2 Å². The van der Waals surface area contributed by atoms with Gasteiger partial charge in [-0.2, -0.15) is 4.39 Å². The van der Waals surface area contributed by atoms with Crippen LogP contribution in [0.25, 0.3) is 22.0 Å². The summed E-state index contributed by atoms with van der Waals surface area (Å²) in [6, 6.07) is 9.07. The van der Waals surface area contributed by atoms with E-state index < -0.39 is 23.5 Å². The molecule has 136 valence electrons. The Balaban J connectivity index is 1.85. The van der Waals surface area contributed by atoms with E-state index in [0.29, 0.717) is 34.5 Å². The fourth-order valence-corrected chi connectivity index (χ4v) is 3.11. The fraction of sp³-hybridized carbons (Fsp3) is 0.150. The van der Waals surface area contributed by atoms with Crippen molar-refractivity contribution in [3.05, 3.63) is 66.1 Å². The lowest BCUT2D eigenvalue weighted by Gasteiger charge is -2.16. The summed E-state index contributed by atoms with van der Waals surface area (Å²) in [5, 5.41) is 3.60. The Hall–Kier alpha value is -3.22. The third-order valence-corrected chi connectivity index (χ3v) is 4.49. The van der Waals surface area contributed by atoms with Gasteiger partial charge in [-0.15, -0.1) is 0 Å². The maximum atomic E-state index is 14.1. The topological polar surface area (TPSA) is 50.2 Å². The first kappa shape index (κ1) is 17.2. The number of hydrogen-bond acceptors (Lipinski definition) is 4. The highest BCUT2D eigenvalue weighted by atomic mass is 19.2. The molecule has 0 spiro atoms. The van der Waals surface area contributed by atoms with E-state index in [1.54, 1.807) is 31.3 Å². The van der Waals surface area contributed by atoms with Crippen LogP contribution in [0.5, 0.6) is 0 Å². The molecule has 0 saturated carbocycles. The molecule has 0 aliphatic carbocycles. The van der Waals surface area contributed by atoms with Crippen molar-refractivity contribution in [2.24, 2.45) is 4.99 Å². The number of rotatable bonds is 3. The van der Waals surface area contributed by atoms with Gasteiger partial charge < -0.3 is 5.32 Å². The van der Waals surface area contributed by atoms with Crippen LogP contribution in [0, 0.1) is 11.6 Å². The molecule has 27 heavy (non-hydrogen) atoms. The van der Waals surface area contributed by atoms with Crippen molar-refractivity contribution in [2.45, 2.75) is 12.3 Å². The Labute approximate surface area is 153 Å². The first-order chi connectivity index (χ1) is 13.1. The summed E-state index contributed by atoms with van der Waals surface area (Å²) in [7, 11) is 1.69. The summed E-state index contributed by atoms with van der Waals surface area (Å²) in [5.74, 6) is -2.18. The van der Waals surface area contributed by atoms with Crippen molar-refractivity contribution >= 4 is 22.7 Å². The lowest BCUT2D eigenvalue weighted by Crippen LogP contribution is -2.14. The molecule has 1 aliphatic heterocycles. The standard InChI is InChI=1S/C20H15F3N4/c1-24-19-14-10-11(12-4-2-6-15(21)17(12)22)7-8-16(14)26-20(27-19)13-5-3-9-25-18(13)23/h2-4,6-10,13H,5H2,1H3,(H,24,26,27). The Morgan fingerprint density at radius 3 is 2.70 bits per heavy atom. The van der Waals surface area contributed by atoms with Crippen molar-refractivity contribution in [1.82, 2.24) is 9.97 Å². The van der Waals surface area contributed by atoms with Gasteiger partial charge in [-0.25, -0.2) is 23.7 Å². The van der Waals surface area contributed by atoms with Crippen molar-refractivity contribution in [3.63, 3.8) is 0 Å². The molecule has 0 saturated heterocycles. The Kier molecular flexibility index (Phi) is 4.35. The maximum absolute atomic E-state index is 14.1. The van der Waals surface area contributed by atoms with Crippen molar-refractivity contribution in [1.29, 1.82) is 0 Å². The van der Waals surface area contributed by atoms with E-state index in [-0.39, 0.29) is 5.56 Å². The summed E-state index contributed by atoms with van der Waals surface area (Å²) in [6.45, 7) is 0. The monoisotopic (exact) mass is 368 g/mol. The molecular weight excluding hydrogens is 353 g/mol. The largest absolute Gasteiger partial charge is 0.373 e. The predicted octanol–water partition coefficient (Wildman–Crippen LogP) is 4.99. The van der Waals surface area contributed by atoms with Crippen LogP contribution in [0.3, 0.4) is 0 Å². The van der Waals surface area contributed by atoms with E-state index in [2.05, 4.69) is 20.3 Å². The van der Waals surface area contributed by atoms with Crippen LogP contribution in [0.1, 0.15) is 18.2 Å². The fourth-order valence-electron chi connectivity index (χ4n) is 3.11. The SMILES string of the molecule is CNc1nc(C2CC=CN=C2F)nc2ccc(-c3cccc(F)c3F)cc12. The molecular formula is C20H15F3N4. The van der Waals surface area contributed by atoms with E-state index in [1.807, 2.05) is 0 Å². The van der Waals surface area contributed by atoms with E-state index in [0.717, 1.165) is 6.07 Å². The normalized spacial score (nSPS) is 16.4. The number of allylic oxidation sites excluding steroid dienone is 1. The Morgan fingerprint density at radius 2 is 1.93 bits per heavy atom. The van der Waals surface area contributed by atoms with Crippen LogP contribution >= 0.6 is 0 Å². The molecule has 0 bridgehead atoms. The molecule has 1 unspecified atom stereocenters. The Morgan fingerprint density at radius 1 is 1.07 bits per heavy atom. The van der Waals surface area contributed by atoms with Crippen LogP contribution in [-0.2, 0) is 0 Å². The first-order valence-electron chi connectivity index (χ1n) is 8.40. The number of nitrogens with one attached hydrogen (secondary N) is 1. The van der Waals surface area contributed by atoms with Gasteiger partial charge in [-0.1, -0.05) is 24.3 Å². The number of aromatic nitrogens is 2. The summed E-state index contributed by atoms with van der Waals surface area (Å²) >= 11 is 0. The third-order valence-electron chi connectivity index (χ3n) is 4.49. The van der Waals surface area contributed by atoms with E-state index >= 15 is 0 Å². The van der Waals surface area contributed by atoms with Gasteiger partial charge in [0.05, 0.1) is 11.4 Å². The van der Waals surface area contributed by atoms with E-state index in [4.69, 9.17) is 0 Å². The zero-order valence-corrected chi connectivity index (χ0v) is 14.4. The number of anilines is 1. The molecule has 1 aliphatic rings. The second kappa shape index (κ2) is 6.83. The highest BCUT2D eigenvalue weighted by Crippen LogP contribution is 2.32. The summed E-state index contributed by atoms with van der Waals surface area (Å²) < 4.78 is 41.8. The van der Waals surface area contributed by atoms with Gasteiger partial charge >= 0.3 is 0 Å². The second-order valence-corrected chi connectivity index (χ2v) is 6.14. The number of fused-ring (bicyclic) bond motifs is 1. The molecule has 1 atom stereocenters. The van der Waals surface area contributed by atoms with E-state index in [1.165, 1.54) is 18.3 Å². The molecule has 3 aromatic rings. The number of hydrogen-bond donors (Lipinski definition) is 1. The lowest BCUT2D eigenvalue weighted by molar-refractivity contribution is 0.511. The van der Waals surface area contributed by atoms with Crippen molar-refractivity contribution in [3.8, 4) is 11.1 Å². The highest BCUT2D eigenvalue weighted by molar-refractivity contribution is 5.93. The zero-order valence-electron chi connectivity index (χ0n) is 14.4. The number of nitrogens with zero attached hydrogens (tertiary/aromatic N) is 3. The molecule has 0 amide bonds. The van der Waals surface area contributed by atoms with Crippen LogP contribution in [-0.4, -0.2) is 23.0 Å². The van der Waals surface area contributed by atoms with Crippen LogP contribution in [0.4, 0.5) is 19.0 Å². The minimum atomic E-state index is -0.910. The third kappa shape index (κ3) is 3.05. The highest BCUT2D eigenvalue weighted by Gasteiger charge is 2.24. The maximum Gasteiger partial charge on any atom is 0.200 e. The number of aliphatic imine (C=N–C) groups is 1. The Bertz CT molecular complexity index is 1090. The van der Waals surface area contributed by atoms with Crippen molar-refractivity contribution in [2.75, 3.05) is 12.4 Å².